The number of benzene rings is 1. The van der Waals surface area contributed by atoms with Crippen LogP contribution in [-0.2, 0) is 9.84 Å². The predicted octanol–water partition coefficient (Wildman–Crippen LogP) is 4.67. The first-order chi connectivity index (χ1) is 12.4. The van der Waals surface area contributed by atoms with E-state index in [-0.39, 0.29) is 16.3 Å². The molecule has 1 aromatic carbocycles. The van der Waals surface area contributed by atoms with Crippen molar-refractivity contribution < 1.29 is 12.8 Å². The molecule has 5 heteroatoms. The molecule has 0 atom stereocenters. The largest absolute Gasteiger partial charge is 0.244 e. The van der Waals surface area contributed by atoms with Gasteiger partial charge in [0.1, 0.15) is 5.82 Å². The highest BCUT2D eigenvalue weighted by Crippen LogP contribution is 2.51. The van der Waals surface area contributed by atoms with Crippen LogP contribution in [0.3, 0.4) is 0 Å². The number of halogens is 1. The number of rotatable bonds is 3. The van der Waals surface area contributed by atoms with Crippen LogP contribution >= 0.6 is 0 Å². The van der Waals surface area contributed by atoms with E-state index in [1.54, 1.807) is 30.5 Å². The van der Waals surface area contributed by atoms with Crippen molar-refractivity contribution in [2.45, 2.75) is 30.7 Å². The molecular formula is C21H20FNO2S. The second kappa shape index (κ2) is 6.16. The molecule has 0 amide bonds. The first-order valence-corrected chi connectivity index (χ1v) is 10.6. The quantitative estimate of drug-likeness (QED) is 0.790. The van der Waals surface area contributed by atoms with E-state index in [4.69, 9.17) is 0 Å². The molecule has 0 radical (unpaired) electrons. The summed E-state index contributed by atoms with van der Waals surface area (Å²) in [6, 6.07) is 9.88. The Labute approximate surface area is 153 Å². The monoisotopic (exact) mass is 369 g/mol. The van der Waals surface area contributed by atoms with Gasteiger partial charge >= 0.3 is 0 Å². The average Bonchev–Trinajstić information content (AvgIpc) is 3.22. The molecule has 1 saturated carbocycles. The number of pyridine rings is 1. The maximum atomic E-state index is 13.3. The van der Waals surface area contributed by atoms with Crippen molar-refractivity contribution in [2.75, 3.05) is 6.26 Å². The van der Waals surface area contributed by atoms with Crippen molar-refractivity contribution in [3.05, 3.63) is 71.7 Å². The van der Waals surface area contributed by atoms with Crippen molar-refractivity contribution >= 4 is 21.0 Å². The number of nitrogens with zero attached hydrogens (tertiary/aromatic N) is 1. The number of sulfone groups is 1. The fraction of sp³-hybridized carbons (Fsp3) is 0.286. The van der Waals surface area contributed by atoms with E-state index < -0.39 is 9.84 Å². The van der Waals surface area contributed by atoms with Crippen molar-refractivity contribution in [3.8, 4) is 0 Å². The molecule has 26 heavy (non-hydrogen) atoms. The van der Waals surface area contributed by atoms with Crippen molar-refractivity contribution in [2.24, 2.45) is 5.41 Å². The van der Waals surface area contributed by atoms with Gasteiger partial charge in [0.15, 0.2) is 14.9 Å². The van der Waals surface area contributed by atoms with Gasteiger partial charge in [-0.3, -0.25) is 0 Å². The minimum absolute atomic E-state index is 0.0502. The Hall–Kier alpha value is -2.27. The van der Waals surface area contributed by atoms with Crippen molar-refractivity contribution in [3.63, 3.8) is 0 Å². The molecule has 0 unspecified atom stereocenters. The SMILES string of the molecule is CS(=O)(=O)c1ccc(C2=CC3(C=C2c2ccc(F)cc2)CCCC3)cn1. The molecule has 4 rings (SSSR count). The zero-order valence-corrected chi connectivity index (χ0v) is 15.4. The second-order valence-corrected chi connectivity index (χ2v) is 9.18. The molecule has 1 aromatic heterocycles. The van der Waals surface area contributed by atoms with Crippen LogP contribution in [0, 0.1) is 11.2 Å². The minimum atomic E-state index is -3.32. The van der Waals surface area contributed by atoms with Crippen LogP contribution in [0.2, 0.25) is 0 Å². The summed E-state index contributed by atoms with van der Waals surface area (Å²) in [5, 5.41) is 0.0720. The molecule has 2 aromatic rings. The van der Waals surface area contributed by atoms with Crippen molar-refractivity contribution in [1.29, 1.82) is 0 Å². The predicted molar refractivity (Wildman–Crippen MR) is 101 cm³/mol. The van der Waals surface area contributed by atoms with Gasteiger partial charge in [-0.2, -0.15) is 0 Å². The number of allylic oxidation sites excluding steroid dienone is 4. The van der Waals surface area contributed by atoms with E-state index >= 15 is 0 Å². The maximum Gasteiger partial charge on any atom is 0.192 e. The molecule has 0 saturated heterocycles. The van der Waals surface area contributed by atoms with Gasteiger partial charge in [-0.1, -0.05) is 37.1 Å². The highest BCUT2D eigenvalue weighted by molar-refractivity contribution is 7.90. The fourth-order valence-electron chi connectivity index (χ4n) is 3.96. The third kappa shape index (κ3) is 3.12. The highest BCUT2D eigenvalue weighted by atomic mass is 32.2. The molecule has 1 fully saturated rings. The van der Waals surface area contributed by atoms with E-state index in [2.05, 4.69) is 17.1 Å². The third-order valence-corrected chi connectivity index (χ3v) is 6.27. The molecule has 1 heterocycles. The Morgan fingerprint density at radius 1 is 0.923 bits per heavy atom. The molecule has 0 aliphatic heterocycles. The molecule has 0 N–H and O–H groups in total. The lowest BCUT2D eigenvalue weighted by molar-refractivity contribution is 0.523. The van der Waals surface area contributed by atoms with Gasteiger partial charge in [0.05, 0.1) is 0 Å². The van der Waals surface area contributed by atoms with Crippen LogP contribution in [-0.4, -0.2) is 19.7 Å². The lowest BCUT2D eigenvalue weighted by atomic mass is 9.88. The van der Waals surface area contributed by atoms with Crippen LogP contribution in [0.5, 0.6) is 0 Å². The Kier molecular flexibility index (Phi) is 4.07. The average molecular weight is 369 g/mol. The first kappa shape index (κ1) is 17.2. The standard InChI is InChI=1S/C21H20FNO2S/c1-26(24,25)20-9-6-16(14-23-20)19-13-21(10-2-3-11-21)12-18(19)15-4-7-17(22)8-5-15/h4-9,12-14H,2-3,10-11H2,1H3. The number of hydrogen-bond acceptors (Lipinski definition) is 3. The van der Waals surface area contributed by atoms with Crippen LogP contribution < -0.4 is 0 Å². The summed E-state index contributed by atoms with van der Waals surface area (Å²) >= 11 is 0. The van der Waals surface area contributed by atoms with E-state index in [1.165, 1.54) is 25.0 Å². The Morgan fingerprint density at radius 2 is 1.50 bits per heavy atom. The van der Waals surface area contributed by atoms with Crippen LogP contribution in [0.4, 0.5) is 4.39 Å². The zero-order chi connectivity index (χ0) is 18.4. The van der Waals surface area contributed by atoms with Crippen molar-refractivity contribution in [1.82, 2.24) is 4.98 Å². The second-order valence-electron chi connectivity index (χ2n) is 7.22. The molecule has 3 nitrogen and oxygen atoms in total. The molecule has 2 aliphatic rings. The summed E-state index contributed by atoms with van der Waals surface area (Å²) in [6.07, 6.45) is 12.0. The van der Waals surface area contributed by atoms with Gasteiger partial charge in [-0.15, -0.1) is 0 Å². The normalized spacial score (nSPS) is 18.8. The summed E-state index contributed by atoms with van der Waals surface area (Å²) in [7, 11) is -3.32. The molecule has 0 bridgehead atoms. The van der Waals surface area contributed by atoms with Crippen LogP contribution in [0.15, 0.2) is 59.8 Å². The number of aromatic nitrogens is 1. The maximum absolute atomic E-state index is 13.3. The Balaban J connectivity index is 1.79. The van der Waals surface area contributed by atoms with Gasteiger partial charge < -0.3 is 0 Å². The van der Waals surface area contributed by atoms with Crippen LogP contribution in [0.1, 0.15) is 36.8 Å². The molecule has 2 aliphatic carbocycles. The summed E-state index contributed by atoms with van der Waals surface area (Å²) in [6.45, 7) is 0. The molecular weight excluding hydrogens is 349 g/mol. The van der Waals surface area contributed by atoms with Gasteiger partial charge in [0.2, 0.25) is 0 Å². The molecule has 134 valence electrons. The van der Waals surface area contributed by atoms with E-state index in [0.29, 0.717) is 0 Å². The Morgan fingerprint density at radius 3 is 2.04 bits per heavy atom. The minimum Gasteiger partial charge on any atom is -0.244 e. The van der Waals surface area contributed by atoms with Gasteiger partial charge in [0, 0.05) is 23.4 Å². The highest BCUT2D eigenvalue weighted by Gasteiger charge is 2.36. The first-order valence-electron chi connectivity index (χ1n) is 8.75. The summed E-state index contributed by atoms with van der Waals surface area (Å²) in [5.41, 5.74) is 4.02. The summed E-state index contributed by atoms with van der Waals surface area (Å²) in [4.78, 5) is 4.14. The van der Waals surface area contributed by atoms with Gasteiger partial charge in [-0.25, -0.2) is 17.8 Å². The van der Waals surface area contributed by atoms with E-state index in [1.807, 2.05) is 0 Å². The number of hydrogen-bond donors (Lipinski definition) is 0. The lowest BCUT2D eigenvalue weighted by Crippen LogP contribution is -2.05. The Bertz CT molecular complexity index is 997. The lowest BCUT2D eigenvalue weighted by Gasteiger charge is -2.16. The summed E-state index contributed by atoms with van der Waals surface area (Å²) in [5.74, 6) is -0.257. The van der Waals surface area contributed by atoms with Gasteiger partial charge in [0.25, 0.3) is 0 Å². The third-order valence-electron chi connectivity index (χ3n) is 5.27. The van der Waals surface area contributed by atoms with E-state index in [0.717, 1.165) is 41.4 Å². The topological polar surface area (TPSA) is 47.0 Å². The smallest absolute Gasteiger partial charge is 0.192 e. The van der Waals surface area contributed by atoms with Crippen LogP contribution in [0.25, 0.3) is 11.1 Å². The zero-order valence-electron chi connectivity index (χ0n) is 14.6. The van der Waals surface area contributed by atoms with E-state index in [9.17, 15) is 12.8 Å². The van der Waals surface area contributed by atoms with Gasteiger partial charge in [-0.05, 0) is 53.8 Å². The fourth-order valence-corrected chi connectivity index (χ4v) is 4.52. The molecule has 1 spiro atoms. The summed E-state index contributed by atoms with van der Waals surface area (Å²) < 4.78 is 36.7.